The van der Waals surface area contributed by atoms with Crippen molar-refractivity contribution in [3.05, 3.63) is 77.1 Å². The predicted octanol–water partition coefficient (Wildman–Crippen LogP) is 5.22. The Kier molecular flexibility index (Phi) is 5.68. The molecule has 0 spiro atoms. The summed E-state index contributed by atoms with van der Waals surface area (Å²) in [5, 5.41) is 4.65. The molecule has 1 N–H and O–H groups in total. The lowest BCUT2D eigenvalue weighted by atomic mass is 10.1. The Morgan fingerprint density at radius 2 is 1.97 bits per heavy atom. The summed E-state index contributed by atoms with van der Waals surface area (Å²) in [6.45, 7) is 5.01. The van der Waals surface area contributed by atoms with E-state index in [4.69, 9.17) is 4.74 Å². The number of hydrogen-bond acceptors (Lipinski definition) is 6. The van der Waals surface area contributed by atoms with E-state index < -0.39 is 6.09 Å². The van der Waals surface area contributed by atoms with Crippen LogP contribution in [0.2, 0.25) is 0 Å². The highest BCUT2D eigenvalue weighted by Gasteiger charge is 2.54. The number of carbonyl (C=O) groups is 2. The lowest BCUT2D eigenvalue weighted by molar-refractivity contribution is 0.0700. The number of para-hydroxylation sites is 1. The largest absolute Gasteiger partial charge is 0.412 e. The van der Waals surface area contributed by atoms with Crippen molar-refractivity contribution in [3.63, 3.8) is 0 Å². The number of ether oxygens (including phenoxy) is 1. The zero-order chi connectivity index (χ0) is 24.8. The van der Waals surface area contributed by atoms with Crippen LogP contribution in [-0.4, -0.2) is 46.0 Å². The molecule has 1 aliphatic carbocycles. The summed E-state index contributed by atoms with van der Waals surface area (Å²) in [7, 11) is 0. The quantitative estimate of drug-likeness (QED) is 0.408. The lowest BCUT2D eigenvalue weighted by Crippen LogP contribution is -2.46. The number of hydrogen-bond donors (Lipinski definition) is 1. The first kappa shape index (κ1) is 22.7. The molecule has 1 saturated heterocycles. The molecule has 0 bridgehead atoms. The number of thiazole rings is 1. The number of piperidine rings is 1. The molecule has 6 rings (SSSR count). The third-order valence-corrected chi connectivity index (χ3v) is 8.05. The highest BCUT2D eigenvalue weighted by molar-refractivity contribution is 7.15. The summed E-state index contributed by atoms with van der Waals surface area (Å²) in [6, 6.07) is 17.3. The summed E-state index contributed by atoms with van der Waals surface area (Å²) in [4.78, 5) is 38.1. The van der Waals surface area contributed by atoms with Gasteiger partial charge in [-0.1, -0.05) is 48.0 Å². The highest BCUT2D eigenvalue weighted by Crippen LogP contribution is 2.50. The molecule has 1 saturated carbocycles. The molecule has 2 aliphatic rings. The van der Waals surface area contributed by atoms with Crippen LogP contribution < -0.4 is 10.1 Å². The Labute approximate surface area is 213 Å². The summed E-state index contributed by atoms with van der Waals surface area (Å²) < 4.78 is 5.58. The second-order valence-corrected chi connectivity index (χ2v) is 10.8. The maximum atomic E-state index is 13.7. The molecule has 2 amide bonds. The maximum absolute atomic E-state index is 13.7. The maximum Gasteiger partial charge on any atom is 0.412 e. The molecule has 2 aromatic carbocycles. The minimum Gasteiger partial charge on any atom is -0.408 e. The van der Waals surface area contributed by atoms with E-state index >= 15 is 0 Å². The van der Waals surface area contributed by atoms with Crippen LogP contribution in [0, 0.1) is 25.7 Å². The molecular weight excluding hydrogens is 472 g/mol. The molecule has 3 heterocycles. The van der Waals surface area contributed by atoms with Gasteiger partial charge in [-0.05, 0) is 49.8 Å². The second kappa shape index (κ2) is 9.02. The molecule has 36 heavy (non-hydrogen) atoms. The number of amides is 2. The van der Waals surface area contributed by atoms with Gasteiger partial charge in [-0.15, -0.1) is 11.3 Å². The van der Waals surface area contributed by atoms with E-state index in [0.717, 1.165) is 32.8 Å². The third-order valence-electron chi connectivity index (χ3n) is 7.03. The predicted molar refractivity (Wildman–Crippen MR) is 139 cm³/mol. The summed E-state index contributed by atoms with van der Waals surface area (Å²) in [5.41, 5.74) is 3.29. The zero-order valence-electron chi connectivity index (χ0n) is 20.1. The number of fused-ring (bicyclic) bond motifs is 2. The van der Waals surface area contributed by atoms with Crippen LogP contribution >= 0.6 is 11.3 Å². The van der Waals surface area contributed by atoms with Gasteiger partial charge in [0.1, 0.15) is 11.2 Å². The van der Waals surface area contributed by atoms with Crippen molar-refractivity contribution in [1.82, 2.24) is 20.2 Å². The molecule has 4 aromatic rings. The van der Waals surface area contributed by atoms with Gasteiger partial charge in [0.2, 0.25) is 0 Å². The first-order valence-electron chi connectivity index (χ1n) is 12.1. The van der Waals surface area contributed by atoms with Crippen LogP contribution in [0.25, 0.3) is 21.3 Å². The van der Waals surface area contributed by atoms with Gasteiger partial charge in [0, 0.05) is 24.7 Å². The van der Waals surface area contributed by atoms with Crippen LogP contribution in [0.5, 0.6) is 5.75 Å². The molecule has 2 aromatic heterocycles. The van der Waals surface area contributed by atoms with Gasteiger partial charge < -0.3 is 15.0 Å². The molecule has 1 aliphatic heterocycles. The van der Waals surface area contributed by atoms with Gasteiger partial charge >= 0.3 is 6.09 Å². The van der Waals surface area contributed by atoms with Crippen LogP contribution in [0.4, 0.5) is 4.79 Å². The highest BCUT2D eigenvalue weighted by atomic mass is 32.1. The molecule has 182 valence electrons. The van der Waals surface area contributed by atoms with Gasteiger partial charge in [0.15, 0.2) is 5.75 Å². The monoisotopic (exact) mass is 498 g/mol. The lowest BCUT2D eigenvalue weighted by Gasteiger charge is -2.27. The molecule has 7 nitrogen and oxygen atoms in total. The van der Waals surface area contributed by atoms with E-state index in [2.05, 4.69) is 21.4 Å². The number of aryl methyl sites for hydroxylation is 2. The minimum atomic E-state index is -0.547. The summed E-state index contributed by atoms with van der Waals surface area (Å²) >= 11 is 1.54. The fourth-order valence-corrected chi connectivity index (χ4v) is 6.15. The Morgan fingerprint density at radius 3 is 2.83 bits per heavy atom. The van der Waals surface area contributed by atoms with E-state index in [0.29, 0.717) is 41.9 Å². The van der Waals surface area contributed by atoms with Crippen molar-refractivity contribution < 1.29 is 14.3 Å². The van der Waals surface area contributed by atoms with Crippen LogP contribution in [0.15, 0.2) is 60.8 Å². The van der Waals surface area contributed by atoms with Gasteiger partial charge in [0.05, 0.1) is 15.9 Å². The van der Waals surface area contributed by atoms with Gasteiger partial charge in [-0.25, -0.2) is 9.78 Å². The second-order valence-electron chi connectivity index (χ2n) is 9.57. The van der Waals surface area contributed by atoms with Gasteiger partial charge in [-0.3, -0.25) is 9.78 Å². The van der Waals surface area contributed by atoms with E-state index in [1.807, 2.05) is 61.2 Å². The first-order chi connectivity index (χ1) is 17.5. The summed E-state index contributed by atoms with van der Waals surface area (Å²) in [6.07, 6.45) is 2.21. The topological polar surface area (TPSA) is 84.4 Å². The normalized spacial score (nSPS) is 20.3. The summed E-state index contributed by atoms with van der Waals surface area (Å²) in [5.74, 6) is 1.23. The van der Waals surface area contributed by atoms with E-state index in [1.54, 1.807) is 23.6 Å². The standard InChI is InChI=1S/C28H26N4O3S/c1-16-6-3-8-19(12-16)26-25(31-17(2)36-26)27(33)32-15-20-13-21(20)22(32)14-30-28(34)35-23-10-4-7-18-9-5-11-29-24(18)23/h3-12,20-22H,13-15H2,1-2H3,(H,30,34)/t20-,21-,22+/m0/s1. The Balaban J connectivity index is 1.18. The van der Waals surface area contributed by atoms with Gasteiger partial charge in [0.25, 0.3) is 5.91 Å². The van der Waals surface area contributed by atoms with Crippen LogP contribution in [-0.2, 0) is 0 Å². The average Bonchev–Trinajstić information content (AvgIpc) is 3.39. The number of benzene rings is 2. The Bertz CT molecular complexity index is 1480. The third kappa shape index (κ3) is 4.22. The number of rotatable bonds is 5. The van der Waals surface area contributed by atoms with Gasteiger partial charge in [-0.2, -0.15) is 0 Å². The number of carbonyl (C=O) groups excluding carboxylic acids is 2. The average molecular weight is 499 g/mol. The smallest absolute Gasteiger partial charge is 0.408 e. The first-order valence-corrected chi connectivity index (χ1v) is 12.9. The number of likely N-dealkylation sites (tertiary alicyclic amines) is 1. The van der Waals surface area contributed by atoms with Crippen molar-refractivity contribution in [1.29, 1.82) is 0 Å². The zero-order valence-corrected chi connectivity index (χ0v) is 20.9. The molecule has 8 heteroatoms. The number of pyridine rings is 1. The number of aromatic nitrogens is 2. The van der Waals surface area contributed by atoms with Crippen LogP contribution in [0.1, 0.15) is 27.5 Å². The minimum absolute atomic E-state index is 0.0681. The van der Waals surface area contributed by atoms with Crippen LogP contribution in [0.3, 0.4) is 0 Å². The number of nitrogens with zero attached hydrogens (tertiary/aromatic N) is 3. The van der Waals surface area contributed by atoms with Crippen molar-refractivity contribution in [2.75, 3.05) is 13.1 Å². The van der Waals surface area contributed by atoms with E-state index in [-0.39, 0.29) is 11.9 Å². The van der Waals surface area contributed by atoms with Crippen molar-refractivity contribution in [2.45, 2.75) is 26.3 Å². The van der Waals surface area contributed by atoms with E-state index in [9.17, 15) is 9.59 Å². The number of nitrogens with one attached hydrogen (secondary N) is 1. The van der Waals surface area contributed by atoms with Crippen molar-refractivity contribution >= 4 is 34.2 Å². The van der Waals surface area contributed by atoms with Crippen molar-refractivity contribution in [3.8, 4) is 16.2 Å². The SMILES string of the molecule is Cc1cccc(-c2sc(C)nc2C(=O)N2C[C@@H]3C[C@@H]3[C@H]2CNC(=O)Oc2cccc3cccnc23)c1. The molecule has 0 radical (unpaired) electrons. The molecule has 3 atom stereocenters. The molecule has 2 fully saturated rings. The Hall–Kier alpha value is -3.78. The van der Waals surface area contributed by atoms with Crippen molar-refractivity contribution in [2.24, 2.45) is 11.8 Å². The fraction of sp³-hybridized carbons (Fsp3) is 0.286. The molecule has 0 unspecified atom stereocenters. The fourth-order valence-electron chi connectivity index (χ4n) is 5.24. The Morgan fingerprint density at radius 1 is 1.14 bits per heavy atom. The molecular formula is C28H26N4O3S. The van der Waals surface area contributed by atoms with E-state index in [1.165, 1.54) is 0 Å².